The minimum Gasteiger partial charge on any atom is -0.309 e. The molecule has 6 nitrogen and oxygen atoms in total. The highest BCUT2D eigenvalue weighted by Crippen LogP contribution is 2.24. The monoisotopic (exact) mass is 326 g/mol. The molecule has 1 aliphatic rings. The summed E-state index contributed by atoms with van der Waals surface area (Å²) >= 11 is 1.32. The summed E-state index contributed by atoms with van der Waals surface area (Å²) in [6, 6.07) is 4.16. The Morgan fingerprint density at radius 1 is 1.38 bits per heavy atom. The van der Waals surface area contributed by atoms with Gasteiger partial charge in [0, 0.05) is 42.8 Å². The predicted molar refractivity (Wildman–Crippen MR) is 81.4 cm³/mol. The van der Waals surface area contributed by atoms with Gasteiger partial charge < -0.3 is 5.32 Å². The van der Waals surface area contributed by atoms with Crippen molar-refractivity contribution < 1.29 is 8.42 Å². The number of aryl methyl sites for hydroxylation is 1. The lowest BCUT2D eigenvalue weighted by atomic mass is 10.4. The molecule has 3 rings (SSSR count). The molecule has 1 saturated carbocycles. The van der Waals surface area contributed by atoms with E-state index in [1.165, 1.54) is 24.2 Å². The van der Waals surface area contributed by atoms with Crippen molar-refractivity contribution in [2.24, 2.45) is 7.05 Å². The van der Waals surface area contributed by atoms with Crippen LogP contribution < -0.4 is 10.0 Å². The molecule has 8 heteroatoms. The molecule has 0 aromatic carbocycles. The van der Waals surface area contributed by atoms with Crippen LogP contribution in [0.1, 0.15) is 23.3 Å². The molecular formula is C13H18N4O2S2. The van der Waals surface area contributed by atoms with Gasteiger partial charge in [-0.15, -0.1) is 11.3 Å². The van der Waals surface area contributed by atoms with Crippen LogP contribution in [-0.2, 0) is 30.2 Å². The zero-order valence-corrected chi connectivity index (χ0v) is 13.4. The second-order valence-electron chi connectivity index (χ2n) is 5.22. The molecule has 0 bridgehead atoms. The van der Waals surface area contributed by atoms with E-state index < -0.39 is 10.0 Å². The number of aromatic nitrogens is 2. The highest BCUT2D eigenvalue weighted by molar-refractivity contribution is 7.91. The third-order valence-electron chi connectivity index (χ3n) is 3.27. The van der Waals surface area contributed by atoms with Crippen molar-refractivity contribution in [2.45, 2.75) is 36.2 Å². The van der Waals surface area contributed by atoms with E-state index in [1.54, 1.807) is 30.2 Å². The van der Waals surface area contributed by atoms with E-state index in [2.05, 4.69) is 15.1 Å². The van der Waals surface area contributed by atoms with Gasteiger partial charge in [-0.1, -0.05) is 0 Å². The van der Waals surface area contributed by atoms with Crippen molar-refractivity contribution >= 4 is 21.4 Å². The summed E-state index contributed by atoms with van der Waals surface area (Å²) in [4.78, 5) is 1.05. The summed E-state index contributed by atoms with van der Waals surface area (Å²) in [5.74, 6) is 0. The van der Waals surface area contributed by atoms with E-state index in [4.69, 9.17) is 0 Å². The third-order valence-corrected chi connectivity index (χ3v) is 6.25. The maximum atomic E-state index is 12.2. The minimum atomic E-state index is -3.45. The van der Waals surface area contributed by atoms with Gasteiger partial charge in [-0.05, 0) is 25.0 Å². The summed E-state index contributed by atoms with van der Waals surface area (Å²) < 4.78 is 29.1. The highest BCUT2D eigenvalue weighted by Gasteiger charge is 2.21. The smallest absolute Gasteiger partial charge is 0.250 e. The Hall–Kier alpha value is -1.22. The molecule has 2 N–H and O–H groups in total. The quantitative estimate of drug-likeness (QED) is 0.802. The zero-order valence-electron chi connectivity index (χ0n) is 11.7. The molecule has 2 aromatic rings. The Bertz CT molecular complexity index is 716. The van der Waals surface area contributed by atoms with Crippen molar-refractivity contribution in [2.75, 3.05) is 0 Å². The molecule has 2 heterocycles. The highest BCUT2D eigenvalue weighted by atomic mass is 32.2. The summed E-state index contributed by atoms with van der Waals surface area (Å²) in [6.45, 7) is 0.997. The van der Waals surface area contributed by atoms with Crippen LogP contribution in [0.15, 0.2) is 28.7 Å². The van der Waals surface area contributed by atoms with E-state index >= 15 is 0 Å². The first-order valence-electron chi connectivity index (χ1n) is 6.82. The maximum Gasteiger partial charge on any atom is 0.250 e. The van der Waals surface area contributed by atoms with Crippen molar-refractivity contribution in [3.63, 3.8) is 0 Å². The standard InChI is InChI=1S/C13H18N4O2S2/c1-17-9-10(6-15-17)7-16-21(18,19)13-5-4-12(20-13)8-14-11-2-3-11/h4-6,9,11,14,16H,2-3,7-8H2,1H3. The van der Waals surface area contributed by atoms with Crippen LogP contribution in [0, 0.1) is 0 Å². The molecular weight excluding hydrogens is 308 g/mol. The van der Waals surface area contributed by atoms with Crippen LogP contribution in [0.2, 0.25) is 0 Å². The molecule has 0 spiro atoms. The van der Waals surface area contributed by atoms with Gasteiger partial charge >= 0.3 is 0 Å². The van der Waals surface area contributed by atoms with Crippen LogP contribution in [0.5, 0.6) is 0 Å². The maximum absolute atomic E-state index is 12.2. The fraction of sp³-hybridized carbons (Fsp3) is 0.462. The molecule has 21 heavy (non-hydrogen) atoms. The first-order chi connectivity index (χ1) is 10.0. The van der Waals surface area contributed by atoms with Crippen molar-refractivity contribution in [3.05, 3.63) is 35.0 Å². The molecule has 1 aliphatic carbocycles. The molecule has 0 saturated heterocycles. The number of sulfonamides is 1. The lowest BCUT2D eigenvalue weighted by molar-refractivity contribution is 0.583. The Kier molecular flexibility index (Phi) is 4.12. The van der Waals surface area contributed by atoms with Gasteiger partial charge in [0.1, 0.15) is 4.21 Å². The van der Waals surface area contributed by atoms with Gasteiger partial charge in [0.05, 0.1) is 6.20 Å². The zero-order chi connectivity index (χ0) is 14.9. The van der Waals surface area contributed by atoms with Crippen LogP contribution in [0.4, 0.5) is 0 Å². The topological polar surface area (TPSA) is 76.0 Å². The molecule has 0 amide bonds. The van der Waals surface area contributed by atoms with Gasteiger partial charge in [-0.2, -0.15) is 5.10 Å². The molecule has 0 atom stereocenters. The normalized spacial score (nSPS) is 15.5. The molecule has 0 radical (unpaired) electrons. The number of nitrogens with zero attached hydrogens (tertiary/aromatic N) is 2. The lowest BCUT2D eigenvalue weighted by Gasteiger charge is -2.03. The molecule has 2 aromatic heterocycles. The van der Waals surface area contributed by atoms with Crippen LogP contribution in [-0.4, -0.2) is 24.2 Å². The van der Waals surface area contributed by atoms with E-state index in [0.29, 0.717) is 10.3 Å². The fourth-order valence-corrected chi connectivity index (χ4v) is 4.31. The largest absolute Gasteiger partial charge is 0.309 e. The van der Waals surface area contributed by atoms with E-state index in [-0.39, 0.29) is 6.54 Å². The number of rotatable bonds is 7. The SMILES string of the molecule is Cn1cc(CNS(=O)(=O)c2ccc(CNC3CC3)s2)cn1. The number of nitrogens with one attached hydrogen (secondary N) is 2. The lowest BCUT2D eigenvalue weighted by Crippen LogP contribution is -2.22. The van der Waals surface area contributed by atoms with Crippen molar-refractivity contribution in [1.82, 2.24) is 19.8 Å². The van der Waals surface area contributed by atoms with Crippen molar-refractivity contribution in [1.29, 1.82) is 0 Å². The second-order valence-corrected chi connectivity index (χ2v) is 8.38. The Labute approximate surface area is 128 Å². The number of hydrogen-bond acceptors (Lipinski definition) is 5. The first-order valence-corrected chi connectivity index (χ1v) is 9.12. The van der Waals surface area contributed by atoms with Gasteiger partial charge in [0.2, 0.25) is 10.0 Å². The number of thiophene rings is 1. The average molecular weight is 326 g/mol. The minimum absolute atomic E-state index is 0.254. The van der Waals surface area contributed by atoms with Gasteiger partial charge in [-0.3, -0.25) is 4.68 Å². The van der Waals surface area contributed by atoms with Gasteiger partial charge in [0.15, 0.2) is 0 Å². The molecule has 0 unspecified atom stereocenters. The van der Waals surface area contributed by atoms with E-state index in [9.17, 15) is 8.42 Å². The summed E-state index contributed by atoms with van der Waals surface area (Å²) in [5, 5.41) is 7.40. The van der Waals surface area contributed by atoms with Crippen LogP contribution in [0.25, 0.3) is 0 Å². The molecule has 1 fully saturated rings. The van der Waals surface area contributed by atoms with Crippen LogP contribution in [0.3, 0.4) is 0 Å². The summed E-state index contributed by atoms with van der Waals surface area (Å²) in [7, 11) is -1.65. The van der Waals surface area contributed by atoms with Gasteiger partial charge in [-0.25, -0.2) is 13.1 Å². The fourth-order valence-electron chi connectivity index (χ4n) is 1.94. The Balaban J connectivity index is 1.60. The van der Waals surface area contributed by atoms with Crippen LogP contribution >= 0.6 is 11.3 Å². The number of hydrogen-bond donors (Lipinski definition) is 2. The van der Waals surface area contributed by atoms with Crippen molar-refractivity contribution in [3.8, 4) is 0 Å². The molecule has 0 aliphatic heterocycles. The second kappa shape index (κ2) is 5.88. The average Bonchev–Trinajstić information content (AvgIpc) is 2.97. The summed E-state index contributed by atoms with van der Waals surface area (Å²) in [6.07, 6.45) is 5.90. The van der Waals surface area contributed by atoms with E-state index in [1.807, 2.05) is 6.07 Å². The Morgan fingerprint density at radius 3 is 2.86 bits per heavy atom. The third kappa shape index (κ3) is 3.91. The Morgan fingerprint density at radius 2 is 2.19 bits per heavy atom. The summed E-state index contributed by atoms with van der Waals surface area (Å²) in [5.41, 5.74) is 0.841. The van der Waals surface area contributed by atoms with E-state index in [0.717, 1.165) is 17.0 Å². The van der Waals surface area contributed by atoms with Gasteiger partial charge in [0.25, 0.3) is 0 Å². The first kappa shape index (κ1) is 14.7. The molecule has 114 valence electrons. The predicted octanol–water partition coefficient (Wildman–Crippen LogP) is 1.21.